The van der Waals surface area contributed by atoms with E-state index in [1.807, 2.05) is 34.9 Å². The van der Waals surface area contributed by atoms with Crippen LogP contribution in [0.4, 0.5) is 5.69 Å². The topological polar surface area (TPSA) is 77.1 Å². The van der Waals surface area contributed by atoms with Crippen LogP contribution in [0.5, 0.6) is 0 Å². The monoisotopic (exact) mass is 319 g/mol. The van der Waals surface area contributed by atoms with E-state index in [4.69, 9.17) is 4.42 Å². The molecule has 0 atom stereocenters. The van der Waals surface area contributed by atoms with Crippen LogP contribution in [0.2, 0.25) is 0 Å². The lowest BCUT2D eigenvalue weighted by molar-refractivity contribution is -0.114. The second-order valence-corrected chi connectivity index (χ2v) is 5.43. The van der Waals surface area contributed by atoms with Crippen LogP contribution >= 0.6 is 0 Å². The predicted octanol–water partition coefficient (Wildman–Crippen LogP) is 3.09. The number of hydrogen-bond acceptors (Lipinski definition) is 4. The highest BCUT2D eigenvalue weighted by atomic mass is 16.4. The average molecular weight is 319 g/mol. The Morgan fingerprint density at radius 1 is 1.12 bits per heavy atom. The highest BCUT2D eigenvalue weighted by Crippen LogP contribution is 2.25. The van der Waals surface area contributed by atoms with Crippen molar-refractivity contribution in [1.29, 1.82) is 0 Å². The maximum absolute atomic E-state index is 12.1. The molecule has 0 saturated heterocycles. The zero-order valence-electron chi connectivity index (χ0n) is 12.8. The molecule has 0 aliphatic heterocycles. The number of nitrogens with zero attached hydrogens (tertiary/aromatic N) is 2. The molecule has 4 rings (SSSR count). The van der Waals surface area contributed by atoms with Crippen LogP contribution in [-0.2, 0) is 4.79 Å². The zero-order valence-corrected chi connectivity index (χ0v) is 12.8. The molecule has 6 heteroatoms. The predicted molar refractivity (Wildman–Crippen MR) is 91.4 cm³/mol. The molecule has 4 aromatic rings. The Balaban J connectivity index is 1.94. The normalized spacial score (nSPS) is 11.0. The van der Waals surface area contributed by atoms with Crippen LogP contribution in [0.1, 0.15) is 6.92 Å². The summed E-state index contributed by atoms with van der Waals surface area (Å²) in [5.41, 5.74) is 2.60. The molecule has 0 unspecified atom stereocenters. The van der Waals surface area contributed by atoms with Gasteiger partial charge in [0.1, 0.15) is 11.9 Å². The molecule has 2 heterocycles. The fourth-order valence-corrected chi connectivity index (χ4v) is 2.76. The summed E-state index contributed by atoms with van der Waals surface area (Å²) in [4.78, 5) is 27.4. The summed E-state index contributed by atoms with van der Waals surface area (Å²) in [5.74, 6) is -0.126. The molecule has 0 aliphatic rings. The minimum Gasteiger partial charge on any atom is -0.421 e. The van der Waals surface area contributed by atoms with E-state index in [2.05, 4.69) is 10.3 Å². The molecule has 0 radical (unpaired) electrons. The van der Waals surface area contributed by atoms with Gasteiger partial charge in [0.05, 0.1) is 5.52 Å². The first-order valence-corrected chi connectivity index (χ1v) is 7.40. The molecule has 1 N–H and O–H groups in total. The molecule has 118 valence electrons. The molecule has 6 nitrogen and oxygen atoms in total. The van der Waals surface area contributed by atoms with E-state index >= 15 is 0 Å². The molecule has 0 spiro atoms. The Bertz CT molecular complexity index is 1120. The van der Waals surface area contributed by atoms with Crippen molar-refractivity contribution in [2.24, 2.45) is 0 Å². The Morgan fingerprint density at radius 2 is 1.88 bits per heavy atom. The Labute approximate surface area is 136 Å². The number of carbonyl (C=O) groups is 1. The fourth-order valence-electron chi connectivity index (χ4n) is 2.76. The van der Waals surface area contributed by atoms with Crippen LogP contribution < -0.4 is 10.9 Å². The SMILES string of the molecule is CC(=O)Nc1ccc(-n2cnc3c(=O)oc4ccccc4c32)cc1. The van der Waals surface area contributed by atoms with Gasteiger partial charge >= 0.3 is 5.63 Å². The van der Waals surface area contributed by atoms with Crippen molar-refractivity contribution in [3.05, 3.63) is 65.3 Å². The van der Waals surface area contributed by atoms with Crippen molar-refractivity contribution < 1.29 is 9.21 Å². The summed E-state index contributed by atoms with van der Waals surface area (Å²) in [7, 11) is 0. The average Bonchev–Trinajstić information content (AvgIpc) is 3.01. The number of nitrogens with one attached hydrogen (secondary N) is 1. The smallest absolute Gasteiger partial charge is 0.364 e. The number of carbonyl (C=O) groups excluding carboxylic acids is 1. The van der Waals surface area contributed by atoms with E-state index in [0.29, 0.717) is 22.3 Å². The van der Waals surface area contributed by atoms with Gasteiger partial charge in [-0.25, -0.2) is 9.78 Å². The molecule has 0 bridgehead atoms. The molecule has 24 heavy (non-hydrogen) atoms. The standard InChI is InChI=1S/C18H13N3O3/c1-11(22)20-12-6-8-13(9-7-12)21-10-19-16-17(21)14-4-2-3-5-15(14)24-18(16)23/h2-10H,1H3,(H,20,22). The molecule has 2 aromatic carbocycles. The summed E-state index contributed by atoms with van der Waals surface area (Å²) in [6.07, 6.45) is 1.60. The number of anilines is 1. The first-order valence-electron chi connectivity index (χ1n) is 7.40. The summed E-state index contributed by atoms with van der Waals surface area (Å²) in [5, 5.41) is 3.54. The number of fused-ring (bicyclic) bond motifs is 3. The number of aromatic nitrogens is 2. The van der Waals surface area contributed by atoms with E-state index in [0.717, 1.165) is 11.1 Å². The second-order valence-electron chi connectivity index (χ2n) is 5.43. The molecule has 0 fully saturated rings. The molecule has 2 aromatic heterocycles. The lowest BCUT2D eigenvalue weighted by Gasteiger charge is -2.08. The van der Waals surface area contributed by atoms with Gasteiger partial charge in [-0.3, -0.25) is 9.36 Å². The van der Waals surface area contributed by atoms with E-state index in [1.54, 1.807) is 24.5 Å². The molecular weight excluding hydrogens is 306 g/mol. The van der Waals surface area contributed by atoms with Crippen LogP contribution in [0.25, 0.3) is 27.7 Å². The Morgan fingerprint density at radius 3 is 2.62 bits per heavy atom. The maximum Gasteiger partial charge on any atom is 0.364 e. The first-order chi connectivity index (χ1) is 11.6. The molecule has 0 aliphatic carbocycles. The fraction of sp³-hybridized carbons (Fsp3) is 0.0556. The van der Waals surface area contributed by atoms with Crippen LogP contribution in [0.15, 0.2) is 64.1 Å². The first kappa shape index (κ1) is 14.2. The van der Waals surface area contributed by atoms with E-state index in [9.17, 15) is 9.59 Å². The minimum atomic E-state index is -0.461. The van der Waals surface area contributed by atoms with Gasteiger partial charge in [0.15, 0.2) is 5.52 Å². The minimum absolute atomic E-state index is 0.126. The van der Waals surface area contributed by atoms with Gasteiger partial charge in [0.25, 0.3) is 0 Å². The number of hydrogen-bond donors (Lipinski definition) is 1. The molecule has 0 saturated carbocycles. The van der Waals surface area contributed by atoms with Crippen LogP contribution in [-0.4, -0.2) is 15.5 Å². The number of para-hydroxylation sites is 1. The zero-order chi connectivity index (χ0) is 16.7. The lowest BCUT2D eigenvalue weighted by Crippen LogP contribution is -2.05. The van der Waals surface area contributed by atoms with E-state index in [-0.39, 0.29) is 5.91 Å². The van der Waals surface area contributed by atoms with E-state index in [1.165, 1.54) is 6.92 Å². The quantitative estimate of drug-likeness (QED) is 0.576. The van der Waals surface area contributed by atoms with Gasteiger partial charge in [0.2, 0.25) is 5.91 Å². The molecular formula is C18H13N3O3. The van der Waals surface area contributed by atoms with Gasteiger partial charge in [-0.05, 0) is 36.4 Å². The van der Waals surface area contributed by atoms with E-state index < -0.39 is 5.63 Å². The largest absolute Gasteiger partial charge is 0.421 e. The third-order valence-corrected chi connectivity index (χ3v) is 3.77. The number of rotatable bonds is 2. The highest BCUT2D eigenvalue weighted by Gasteiger charge is 2.14. The Hall–Kier alpha value is -3.41. The maximum atomic E-state index is 12.1. The third-order valence-electron chi connectivity index (χ3n) is 3.77. The van der Waals surface area contributed by atoms with Gasteiger partial charge < -0.3 is 9.73 Å². The van der Waals surface area contributed by atoms with Crippen molar-refractivity contribution in [3.8, 4) is 5.69 Å². The number of imidazole rings is 1. The molecule has 1 amide bonds. The summed E-state index contributed by atoms with van der Waals surface area (Å²) in [6, 6.07) is 14.7. The van der Waals surface area contributed by atoms with Gasteiger partial charge in [-0.1, -0.05) is 12.1 Å². The number of benzene rings is 2. The second kappa shape index (κ2) is 5.34. The van der Waals surface area contributed by atoms with Crippen molar-refractivity contribution in [1.82, 2.24) is 9.55 Å². The number of amides is 1. The highest BCUT2D eigenvalue weighted by molar-refractivity contribution is 6.01. The van der Waals surface area contributed by atoms with Crippen molar-refractivity contribution in [2.75, 3.05) is 5.32 Å². The van der Waals surface area contributed by atoms with Crippen molar-refractivity contribution in [2.45, 2.75) is 6.92 Å². The lowest BCUT2D eigenvalue weighted by atomic mass is 10.2. The van der Waals surface area contributed by atoms with Crippen molar-refractivity contribution in [3.63, 3.8) is 0 Å². The van der Waals surface area contributed by atoms with Gasteiger partial charge in [-0.15, -0.1) is 0 Å². The van der Waals surface area contributed by atoms with Crippen LogP contribution in [0.3, 0.4) is 0 Å². The van der Waals surface area contributed by atoms with Gasteiger partial charge in [0, 0.05) is 23.7 Å². The summed E-state index contributed by atoms with van der Waals surface area (Å²) in [6.45, 7) is 1.46. The van der Waals surface area contributed by atoms with Gasteiger partial charge in [-0.2, -0.15) is 0 Å². The third kappa shape index (κ3) is 2.25. The summed E-state index contributed by atoms with van der Waals surface area (Å²) < 4.78 is 7.15. The van der Waals surface area contributed by atoms with Crippen LogP contribution in [0, 0.1) is 0 Å². The summed E-state index contributed by atoms with van der Waals surface area (Å²) >= 11 is 0. The van der Waals surface area contributed by atoms with Crippen molar-refractivity contribution >= 4 is 33.6 Å². The Kier molecular flexibility index (Phi) is 3.16.